The lowest BCUT2D eigenvalue weighted by Gasteiger charge is -2.04. The van der Waals surface area contributed by atoms with E-state index in [1.165, 1.54) is 0 Å². The summed E-state index contributed by atoms with van der Waals surface area (Å²) in [6.07, 6.45) is -0.127. The van der Waals surface area contributed by atoms with Gasteiger partial charge in [-0.3, -0.25) is 9.59 Å². The number of benzene rings is 2. The molecule has 0 heterocycles. The molecule has 0 saturated carbocycles. The molecule has 0 saturated heterocycles. The maximum absolute atomic E-state index is 12.0. The van der Waals surface area contributed by atoms with Crippen molar-refractivity contribution in [2.24, 2.45) is 0 Å². The van der Waals surface area contributed by atoms with Crippen molar-refractivity contribution in [3.05, 3.63) is 71.8 Å². The molecule has 2 rings (SSSR count). The monoisotopic (exact) mass is 330 g/mol. The fourth-order valence-electron chi connectivity index (χ4n) is 2.14. The molecule has 0 N–H and O–H groups in total. The van der Waals surface area contributed by atoms with Gasteiger partial charge < -0.3 is 0 Å². The average molecular weight is 330 g/mol. The first kappa shape index (κ1) is 17.1. The Morgan fingerprint density at radius 1 is 0.652 bits per heavy atom. The molecule has 0 bridgehead atoms. The minimum atomic E-state index is -3.43. The van der Waals surface area contributed by atoms with Crippen molar-refractivity contribution in [3.8, 4) is 0 Å². The van der Waals surface area contributed by atoms with E-state index >= 15 is 0 Å². The first-order valence-corrected chi connectivity index (χ1v) is 9.17. The van der Waals surface area contributed by atoms with Gasteiger partial charge in [-0.2, -0.15) is 0 Å². The third-order valence-electron chi connectivity index (χ3n) is 3.47. The van der Waals surface area contributed by atoms with E-state index in [4.69, 9.17) is 0 Å². The first-order valence-electron chi connectivity index (χ1n) is 7.35. The molecule has 4 nitrogen and oxygen atoms in total. The fraction of sp³-hybridized carbons (Fsp3) is 0.222. The Morgan fingerprint density at radius 2 is 1.00 bits per heavy atom. The SMILES string of the molecule is O=C(CCS(=O)(=O)CCC(=O)c1ccccc1)c1ccccc1. The van der Waals surface area contributed by atoms with E-state index in [-0.39, 0.29) is 35.9 Å². The van der Waals surface area contributed by atoms with Crippen molar-refractivity contribution >= 4 is 21.4 Å². The highest BCUT2D eigenvalue weighted by atomic mass is 32.2. The van der Waals surface area contributed by atoms with Crippen molar-refractivity contribution in [1.82, 2.24) is 0 Å². The van der Waals surface area contributed by atoms with Gasteiger partial charge in [0.2, 0.25) is 0 Å². The minimum Gasteiger partial charge on any atom is -0.294 e. The summed E-state index contributed by atoms with van der Waals surface area (Å²) >= 11 is 0. The Hall–Kier alpha value is -2.27. The Kier molecular flexibility index (Phi) is 5.82. The van der Waals surface area contributed by atoms with Crippen LogP contribution in [0.5, 0.6) is 0 Å². The van der Waals surface area contributed by atoms with Gasteiger partial charge in [-0.1, -0.05) is 60.7 Å². The molecule has 0 unspecified atom stereocenters. The van der Waals surface area contributed by atoms with Gasteiger partial charge in [-0.05, 0) is 0 Å². The van der Waals surface area contributed by atoms with Gasteiger partial charge in [0.1, 0.15) is 0 Å². The molecule has 120 valence electrons. The van der Waals surface area contributed by atoms with Crippen LogP contribution in [0.2, 0.25) is 0 Å². The zero-order valence-electron chi connectivity index (χ0n) is 12.6. The number of carbonyl (C=O) groups is 2. The van der Waals surface area contributed by atoms with Crippen LogP contribution in [0.1, 0.15) is 33.6 Å². The van der Waals surface area contributed by atoms with Crippen LogP contribution >= 0.6 is 0 Å². The molecule has 0 spiro atoms. The second kappa shape index (κ2) is 7.83. The quantitative estimate of drug-likeness (QED) is 0.698. The third-order valence-corrected chi connectivity index (χ3v) is 5.12. The number of hydrogen-bond donors (Lipinski definition) is 0. The smallest absolute Gasteiger partial charge is 0.163 e. The topological polar surface area (TPSA) is 68.3 Å². The van der Waals surface area contributed by atoms with Crippen LogP contribution in [0.25, 0.3) is 0 Å². The molecule has 5 heteroatoms. The zero-order valence-corrected chi connectivity index (χ0v) is 13.5. The van der Waals surface area contributed by atoms with Crippen molar-refractivity contribution in [2.45, 2.75) is 12.8 Å². The largest absolute Gasteiger partial charge is 0.294 e. The molecule has 0 atom stereocenters. The van der Waals surface area contributed by atoms with Gasteiger partial charge in [0, 0.05) is 24.0 Å². The summed E-state index contributed by atoms with van der Waals surface area (Å²) in [6, 6.07) is 17.2. The molecule has 0 aliphatic carbocycles. The third kappa shape index (κ3) is 5.45. The molecule has 0 aromatic heterocycles. The lowest BCUT2D eigenvalue weighted by Crippen LogP contribution is -2.17. The number of carbonyl (C=O) groups excluding carboxylic acids is 2. The number of hydrogen-bond acceptors (Lipinski definition) is 4. The molecule has 2 aromatic carbocycles. The predicted molar refractivity (Wildman–Crippen MR) is 89.4 cm³/mol. The van der Waals surface area contributed by atoms with E-state index in [1.54, 1.807) is 60.7 Å². The Labute approximate surface area is 136 Å². The van der Waals surface area contributed by atoms with Gasteiger partial charge >= 0.3 is 0 Å². The van der Waals surface area contributed by atoms with E-state index in [2.05, 4.69) is 0 Å². The van der Waals surface area contributed by atoms with E-state index in [1.807, 2.05) is 0 Å². The van der Waals surface area contributed by atoms with Crippen LogP contribution in [0.3, 0.4) is 0 Å². The van der Waals surface area contributed by atoms with Gasteiger partial charge in [0.25, 0.3) is 0 Å². The second-order valence-corrected chi connectivity index (χ2v) is 7.53. The second-order valence-electron chi connectivity index (χ2n) is 5.23. The Bertz CT molecular complexity index is 704. The summed E-state index contributed by atoms with van der Waals surface area (Å²) in [6.45, 7) is 0. The molecule has 0 aliphatic rings. The van der Waals surface area contributed by atoms with E-state index < -0.39 is 9.84 Å². The average Bonchev–Trinajstić information content (AvgIpc) is 2.59. The summed E-state index contributed by atoms with van der Waals surface area (Å²) in [5, 5.41) is 0. The lowest BCUT2D eigenvalue weighted by molar-refractivity contribution is 0.0983. The summed E-state index contributed by atoms with van der Waals surface area (Å²) < 4.78 is 24.0. The number of rotatable bonds is 8. The maximum Gasteiger partial charge on any atom is 0.163 e. The van der Waals surface area contributed by atoms with Gasteiger partial charge in [-0.25, -0.2) is 8.42 Å². The summed E-state index contributed by atoms with van der Waals surface area (Å²) in [5.41, 5.74) is 1.01. The highest BCUT2D eigenvalue weighted by Crippen LogP contribution is 2.08. The fourth-order valence-corrected chi connectivity index (χ4v) is 3.33. The molecule has 0 aliphatic heterocycles. The van der Waals surface area contributed by atoms with Crippen molar-refractivity contribution < 1.29 is 18.0 Å². The number of ketones is 2. The molecule has 0 radical (unpaired) electrons. The van der Waals surface area contributed by atoms with Crippen LogP contribution in [-0.4, -0.2) is 31.5 Å². The van der Waals surface area contributed by atoms with Gasteiger partial charge in [0.05, 0.1) is 11.5 Å². The molecule has 23 heavy (non-hydrogen) atoms. The molecular formula is C18H18O4S. The van der Waals surface area contributed by atoms with Crippen molar-refractivity contribution in [2.75, 3.05) is 11.5 Å². The van der Waals surface area contributed by atoms with Crippen LogP contribution in [0.15, 0.2) is 60.7 Å². The van der Waals surface area contributed by atoms with Crippen molar-refractivity contribution in [1.29, 1.82) is 0 Å². The molecule has 2 aromatic rings. The first-order chi connectivity index (χ1) is 11.0. The maximum atomic E-state index is 12.0. The molecule has 0 amide bonds. The minimum absolute atomic E-state index is 0.0636. The van der Waals surface area contributed by atoms with E-state index in [0.29, 0.717) is 11.1 Å². The molecule has 0 fully saturated rings. The molecular weight excluding hydrogens is 312 g/mol. The van der Waals surface area contributed by atoms with Crippen molar-refractivity contribution in [3.63, 3.8) is 0 Å². The standard InChI is InChI=1S/C18H18O4S/c19-17(15-7-3-1-4-8-15)11-13-23(21,22)14-12-18(20)16-9-5-2-6-10-16/h1-10H,11-14H2. The lowest BCUT2D eigenvalue weighted by atomic mass is 10.1. The predicted octanol–water partition coefficient (Wildman–Crippen LogP) is 2.95. The van der Waals surface area contributed by atoms with Crippen LogP contribution < -0.4 is 0 Å². The van der Waals surface area contributed by atoms with E-state index in [0.717, 1.165) is 0 Å². The van der Waals surface area contributed by atoms with Crippen LogP contribution in [-0.2, 0) is 9.84 Å². The summed E-state index contributed by atoms with van der Waals surface area (Å²) in [4.78, 5) is 23.8. The highest BCUT2D eigenvalue weighted by molar-refractivity contribution is 7.91. The van der Waals surface area contributed by atoms with Crippen LogP contribution in [0.4, 0.5) is 0 Å². The highest BCUT2D eigenvalue weighted by Gasteiger charge is 2.17. The van der Waals surface area contributed by atoms with Crippen LogP contribution in [0, 0.1) is 0 Å². The number of Topliss-reactive ketones (excluding diaryl/α,β-unsaturated/α-hetero) is 2. The Balaban J connectivity index is 1.85. The van der Waals surface area contributed by atoms with Gasteiger partial charge in [0.15, 0.2) is 21.4 Å². The van der Waals surface area contributed by atoms with Gasteiger partial charge in [-0.15, -0.1) is 0 Å². The normalized spacial score (nSPS) is 11.1. The zero-order chi connectivity index (χ0) is 16.7. The number of sulfone groups is 1. The summed E-state index contributed by atoms with van der Waals surface area (Å²) in [7, 11) is -3.43. The summed E-state index contributed by atoms with van der Waals surface area (Å²) in [5.74, 6) is -0.877. The Morgan fingerprint density at radius 3 is 1.35 bits per heavy atom. The van der Waals surface area contributed by atoms with E-state index in [9.17, 15) is 18.0 Å².